The van der Waals surface area contributed by atoms with E-state index in [9.17, 15) is 0 Å². The van der Waals surface area contributed by atoms with Gasteiger partial charge in [-0.1, -0.05) is 0 Å². The number of rotatable bonds is 1. The van der Waals surface area contributed by atoms with Crippen molar-refractivity contribution >= 4 is 32.2 Å². The molecule has 1 nitrogen and oxygen atoms in total. The number of alkyl halides is 2. The fourth-order valence-electron chi connectivity index (χ4n) is 0. The van der Waals surface area contributed by atoms with Crippen LogP contribution in [0.4, 0.5) is 0 Å². The molecule has 0 saturated carbocycles. The minimum absolute atomic E-state index is 0.509. The van der Waals surface area contributed by atoms with Gasteiger partial charge in [0.15, 0.2) is 0 Å². The van der Waals surface area contributed by atoms with Gasteiger partial charge in [0.05, 0.1) is 0 Å². The molecule has 1 unspecified atom stereocenters. The molecule has 0 heterocycles. The molecule has 0 aromatic carbocycles. The lowest BCUT2D eigenvalue weighted by atomic mass is 11.8. The van der Waals surface area contributed by atoms with Crippen LogP contribution in [0.2, 0.25) is 6.55 Å². The third kappa shape index (κ3) is 2.97. The first-order valence-electron chi connectivity index (χ1n) is 1.61. The zero-order chi connectivity index (χ0) is 5.15. The van der Waals surface area contributed by atoms with Crippen LogP contribution in [0, 0.1) is 0 Å². The van der Waals surface area contributed by atoms with Crippen LogP contribution in [0.25, 0.3) is 0 Å². The molecule has 1 atom stereocenters. The summed E-state index contributed by atoms with van der Waals surface area (Å²) in [5.41, 5.74) is 0. The molecule has 0 rings (SSSR count). The van der Waals surface area contributed by atoms with Gasteiger partial charge in [0.25, 0.3) is 0 Å². The molecule has 38 valence electrons. The highest BCUT2D eigenvalue weighted by molar-refractivity contribution is 6.74. The minimum Gasteiger partial charge on any atom is -0.432 e. The Hall–Kier alpha value is 0.757. The van der Waals surface area contributed by atoms with Crippen molar-refractivity contribution in [1.82, 2.24) is 0 Å². The maximum absolute atomic E-state index is 8.50. The van der Waals surface area contributed by atoms with E-state index < -0.39 is 13.5 Å². The lowest BCUT2D eigenvalue weighted by Gasteiger charge is -1.96. The van der Waals surface area contributed by atoms with E-state index in [1.165, 1.54) is 0 Å². The van der Waals surface area contributed by atoms with Gasteiger partial charge in [-0.05, 0) is 6.55 Å². The van der Waals surface area contributed by atoms with Gasteiger partial charge in [0.2, 0.25) is 9.04 Å². The molecule has 4 heteroatoms. The molecule has 0 radical (unpaired) electrons. The molecule has 0 aromatic heterocycles. The maximum atomic E-state index is 8.50. The fraction of sp³-hybridized carbons (Fsp3) is 1.00. The summed E-state index contributed by atoms with van der Waals surface area (Å²) in [6.45, 7) is 1.67. The van der Waals surface area contributed by atoms with Gasteiger partial charge >= 0.3 is 0 Å². The lowest BCUT2D eigenvalue weighted by Crippen LogP contribution is -2.15. The lowest BCUT2D eigenvalue weighted by molar-refractivity contribution is 0.582. The third-order valence-electron chi connectivity index (χ3n) is 0.365. The Kier molecular flexibility index (Phi) is 3.21. The Morgan fingerprint density at radius 2 is 1.83 bits per heavy atom. The summed E-state index contributed by atoms with van der Waals surface area (Å²) in [6, 6.07) is 0. The van der Waals surface area contributed by atoms with E-state index in [-0.39, 0.29) is 0 Å². The summed E-state index contributed by atoms with van der Waals surface area (Å²) in [4.78, 5) is 8.50. The van der Waals surface area contributed by atoms with E-state index in [1.807, 2.05) is 0 Å². The van der Waals surface area contributed by atoms with Gasteiger partial charge in [0, 0.05) is 0 Å². The Morgan fingerprint density at radius 1 is 1.67 bits per heavy atom. The second-order valence-corrected chi connectivity index (χ2v) is 5.23. The Balaban J connectivity index is 2.99. The van der Waals surface area contributed by atoms with Crippen molar-refractivity contribution in [2.45, 2.75) is 11.0 Å². The summed E-state index contributed by atoms with van der Waals surface area (Å²) >= 11 is 10.4. The van der Waals surface area contributed by atoms with Crippen molar-refractivity contribution in [2.75, 3.05) is 0 Å². The first-order valence-corrected chi connectivity index (χ1v) is 4.82. The molecule has 0 fully saturated rings. The zero-order valence-electron chi connectivity index (χ0n) is 3.36. The molecule has 1 N–H and O–H groups in total. The van der Waals surface area contributed by atoms with Crippen LogP contribution in [-0.2, 0) is 0 Å². The van der Waals surface area contributed by atoms with Gasteiger partial charge in [-0.25, -0.2) is 0 Å². The zero-order valence-corrected chi connectivity index (χ0v) is 6.02. The molecule has 0 aliphatic carbocycles. The first kappa shape index (κ1) is 6.76. The summed E-state index contributed by atoms with van der Waals surface area (Å²) in [5.74, 6) is 0. The molecule has 0 amide bonds. The fourth-order valence-corrected chi connectivity index (χ4v) is 0. The molecule has 0 aromatic rings. The number of hydrogen-bond acceptors (Lipinski definition) is 1. The highest BCUT2D eigenvalue weighted by Crippen LogP contribution is 2.02. The molecule has 0 spiro atoms. The average molecular weight is 145 g/mol. The van der Waals surface area contributed by atoms with Crippen molar-refractivity contribution in [1.29, 1.82) is 0 Å². The van der Waals surface area contributed by atoms with Gasteiger partial charge in [0.1, 0.15) is 4.46 Å². The second-order valence-electron chi connectivity index (χ2n) is 1.08. The Labute approximate surface area is 48.6 Å². The topological polar surface area (TPSA) is 20.2 Å². The van der Waals surface area contributed by atoms with Crippen LogP contribution in [0.15, 0.2) is 0 Å². The normalized spacial score (nSPS) is 15.5. The standard InChI is InChI=1S/C2H6Cl2OSi/c1-6(5)2(3)4/h2,5-6H,1H3. The molecule has 0 aliphatic heterocycles. The SMILES string of the molecule is C[SiH](O)C(Cl)Cl. The van der Waals surface area contributed by atoms with Crippen molar-refractivity contribution in [3.05, 3.63) is 0 Å². The molecule has 0 aliphatic rings. The van der Waals surface area contributed by atoms with Crippen LogP contribution in [-0.4, -0.2) is 18.3 Å². The van der Waals surface area contributed by atoms with E-state index >= 15 is 0 Å². The van der Waals surface area contributed by atoms with Gasteiger partial charge in [-0.15, -0.1) is 23.2 Å². The first-order chi connectivity index (χ1) is 2.64. The summed E-state index contributed by atoms with van der Waals surface area (Å²) in [7, 11) is -1.71. The van der Waals surface area contributed by atoms with Crippen molar-refractivity contribution in [2.24, 2.45) is 0 Å². The van der Waals surface area contributed by atoms with E-state index in [2.05, 4.69) is 0 Å². The maximum Gasteiger partial charge on any atom is 0.203 e. The largest absolute Gasteiger partial charge is 0.432 e. The summed E-state index contributed by atoms with van der Waals surface area (Å²) in [6.07, 6.45) is 0. The van der Waals surface area contributed by atoms with Crippen LogP contribution in [0.3, 0.4) is 0 Å². The molecular weight excluding hydrogens is 139 g/mol. The van der Waals surface area contributed by atoms with Crippen molar-refractivity contribution in [3.63, 3.8) is 0 Å². The van der Waals surface area contributed by atoms with E-state index in [1.54, 1.807) is 6.55 Å². The minimum atomic E-state index is -1.71. The van der Waals surface area contributed by atoms with Gasteiger partial charge in [-0.3, -0.25) is 0 Å². The number of hydrogen-bond donors (Lipinski definition) is 1. The highest BCUT2D eigenvalue weighted by atomic mass is 35.5. The molecule has 6 heavy (non-hydrogen) atoms. The molecule has 0 saturated heterocycles. The third-order valence-corrected chi connectivity index (χ3v) is 3.28. The van der Waals surface area contributed by atoms with E-state index in [0.29, 0.717) is 0 Å². The molecular formula is C2H6Cl2OSi. The predicted molar refractivity (Wildman–Crippen MR) is 30.7 cm³/mol. The van der Waals surface area contributed by atoms with Crippen molar-refractivity contribution < 1.29 is 4.80 Å². The monoisotopic (exact) mass is 144 g/mol. The number of halogens is 2. The summed E-state index contributed by atoms with van der Waals surface area (Å²) in [5, 5.41) is 0. The van der Waals surface area contributed by atoms with Crippen molar-refractivity contribution in [3.8, 4) is 0 Å². The highest BCUT2D eigenvalue weighted by Gasteiger charge is 2.06. The van der Waals surface area contributed by atoms with Crippen LogP contribution >= 0.6 is 23.2 Å². The second kappa shape index (κ2) is 2.85. The smallest absolute Gasteiger partial charge is 0.203 e. The van der Waals surface area contributed by atoms with Crippen LogP contribution in [0.5, 0.6) is 0 Å². The Bertz CT molecular complexity index is 32.5. The Morgan fingerprint density at radius 3 is 1.83 bits per heavy atom. The van der Waals surface area contributed by atoms with E-state index in [4.69, 9.17) is 28.0 Å². The van der Waals surface area contributed by atoms with E-state index in [0.717, 1.165) is 0 Å². The summed E-state index contributed by atoms with van der Waals surface area (Å²) < 4.78 is -0.509. The van der Waals surface area contributed by atoms with Crippen LogP contribution in [0.1, 0.15) is 0 Å². The molecule has 0 bridgehead atoms. The van der Waals surface area contributed by atoms with Gasteiger partial charge < -0.3 is 4.80 Å². The average Bonchev–Trinajstić information content (AvgIpc) is 1.36. The quantitative estimate of drug-likeness (QED) is 0.424. The predicted octanol–water partition coefficient (Wildman–Crippen LogP) is 0.675. The van der Waals surface area contributed by atoms with Crippen LogP contribution < -0.4 is 0 Å². The van der Waals surface area contributed by atoms with Gasteiger partial charge in [-0.2, -0.15) is 0 Å².